The first-order chi connectivity index (χ1) is 8.41. The minimum Gasteiger partial charge on any atom is -0.476 e. The van der Waals surface area contributed by atoms with Crippen molar-refractivity contribution < 1.29 is 14.4 Å². The second-order valence-corrected chi connectivity index (χ2v) is 5.27. The van der Waals surface area contributed by atoms with E-state index in [1.807, 2.05) is 0 Å². The lowest BCUT2D eigenvalue weighted by Gasteiger charge is -2.24. The Morgan fingerprint density at radius 3 is 2.44 bits per heavy atom. The van der Waals surface area contributed by atoms with Crippen molar-refractivity contribution in [3.05, 3.63) is 17.5 Å². The Balaban J connectivity index is 2.42. The minimum atomic E-state index is -1.06. The Bertz CT molecular complexity index is 377. The number of aromatic carboxylic acids is 1. The van der Waals surface area contributed by atoms with Gasteiger partial charge in [-0.25, -0.2) is 4.79 Å². The van der Waals surface area contributed by atoms with E-state index in [1.165, 1.54) is 6.07 Å². The van der Waals surface area contributed by atoms with Gasteiger partial charge in [-0.1, -0.05) is 32.9 Å². The van der Waals surface area contributed by atoms with Crippen LogP contribution >= 0.6 is 0 Å². The lowest BCUT2D eigenvalue weighted by molar-refractivity contribution is 0.0685. The Morgan fingerprint density at radius 2 is 2.00 bits per heavy atom. The van der Waals surface area contributed by atoms with E-state index in [4.69, 9.17) is 9.63 Å². The van der Waals surface area contributed by atoms with E-state index < -0.39 is 5.97 Å². The molecule has 1 aromatic rings. The van der Waals surface area contributed by atoms with Crippen LogP contribution in [-0.2, 0) is 6.54 Å². The first kappa shape index (κ1) is 14.7. The summed E-state index contributed by atoms with van der Waals surface area (Å²) in [7, 11) is 0. The molecule has 0 saturated heterocycles. The Morgan fingerprint density at radius 1 is 1.39 bits per heavy atom. The molecule has 0 aliphatic rings. The predicted molar refractivity (Wildman–Crippen MR) is 68.3 cm³/mol. The molecule has 2 N–H and O–H groups in total. The van der Waals surface area contributed by atoms with Crippen LogP contribution in [0.3, 0.4) is 0 Å². The summed E-state index contributed by atoms with van der Waals surface area (Å²) in [5.41, 5.74) is -0.0453. The molecule has 1 aromatic heterocycles. The van der Waals surface area contributed by atoms with Crippen molar-refractivity contribution in [1.29, 1.82) is 0 Å². The molecule has 5 heteroatoms. The van der Waals surface area contributed by atoms with E-state index in [-0.39, 0.29) is 5.69 Å². The third-order valence-corrected chi connectivity index (χ3v) is 3.17. The molecule has 0 spiro atoms. The van der Waals surface area contributed by atoms with Gasteiger partial charge in [0, 0.05) is 6.07 Å². The summed E-state index contributed by atoms with van der Waals surface area (Å²) in [6.07, 6.45) is 0. The normalized spacial score (nSPS) is 11.7. The molecule has 0 bridgehead atoms. The van der Waals surface area contributed by atoms with Crippen LogP contribution in [0.15, 0.2) is 10.6 Å². The summed E-state index contributed by atoms with van der Waals surface area (Å²) in [5, 5.41) is 15.5. The summed E-state index contributed by atoms with van der Waals surface area (Å²) < 4.78 is 4.94. The van der Waals surface area contributed by atoms with Crippen LogP contribution in [0.4, 0.5) is 0 Å². The fourth-order valence-electron chi connectivity index (χ4n) is 2.10. The lowest BCUT2D eigenvalue weighted by atomic mass is 9.85. The van der Waals surface area contributed by atoms with Crippen LogP contribution in [0.2, 0.25) is 0 Å². The average molecular weight is 254 g/mol. The second-order valence-electron chi connectivity index (χ2n) is 5.27. The maximum absolute atomic E-state index is 10.6. The molecular formula is C13H22N2O3. The Hall–Kier alpha value is -1.36. The van der Waals surface area contributed by atoms with Crippen LogP contribution in [-0.4, -0.2) is 22.8 Å². The highest BCUT2D eigenvalue weighted by molar-refractivity contribution is 5.85. The number of carbonyl (C=O) groups is 1. The quantitative estimate of drug-likeness (QED) is 0.781. The first-order valence-corrected chi connectivity index (χ1v) is 6.31. The van der Waals surface area contributed by atoms with Gasteiger partial charge in [0.1, 0.15) is 0 Å². The summed E-state index contributed by atoms with van der Waals surface area (Å²) in [6, 6.07) is 1.45. The topological polar surface area (TPSA) is 75.4 Å². The van der Waals surface area contributed by atoms with Crippen LogP contribution in [0, 0.1) is 17.8 Å². The maximum atomic E-state index is 10.6. The molecule has 0 fully saturated rings. The van der Waals surface area contributed by atoms with Gasteiger partial charge in [0.2, 0.25) is 0 Å². The van der Waals surface area contributed by atoms with Gasteiger partial charge in [0.15, 0.2) is 11.5 Å². The lowest BCUT2D eigenvalue weighted by Crippen LogP contribution is -2.29. The van der Waals surface area contributed by atoms with Crippen LogP contribution in [0.1, 0.15) is 43.9 Å². The van der Waals surface area contributed by atoms with Crippen molar-refractivity contribution in [2.45, 2.75) is 34.2 Å². The SMILES string of the molecule is CC(C)C(CNCc1cc(C(=O)O)no1)C(C)C. The number of carboxylic acid groups (broad SMARTS) is 1. The fourth-order valence-corrected chi connectivity index (χ4v) is 2.10. The number of carboxylic acids is 1. The number of aromatic nitrogens is 1. The zero-order chi connectivity index (χ0) is 13.7. The monoisotopic (exact) mass is 254 g/mol. The molecule has 1 heterocycles. The molecule has 0 atom stereocenters. The number of rotatable bonds is 7. The summed E-state index contributed by atoms with van der Waals surface area (Å²) >= 11 is 0. The van der Waals surface area contributed by atoms with Crippen LogP contribution in [0.5, 0.6) is 0 Å². The fraction of sp³-hybridized carbons (Fsp3) is 0.692. The molecule has 0 aliphatic carbocycles. The highest BCUT2D eigenvalue weighted by atomic mass is 16.5. The van der Waals surface area contributed by atoms with Crippen molar-refractivity contribution in [2.24, 2.45) is 17.8 Å². The summed E-state index contributed by atoms with van der Waals surface area (Å²) in [6.45, 7) is 10.2. The average Bonchev–Trinajstić information content (AvgIpc) is 2.71. The number of nitrogens with zero attached hydrogens (tertiary/aromatic N) is 1. The Kier molecular flexibility index (Phi) is 5.34. The summed E-state index contributed by atoms with van der Waals surface area (Å²) in [5.74, 6) is 1.31. The van der Waals surface area contributed by atoms with E-state index in [9.17, 15) is 4.79 Å². The van der Waals surface area contributed by atoms with Gasteiger partial charge in [-0.2, -0.15) is 0 Å². The summed E-state index contributed by atoms with van der Waals surface area (Å²) in [4.78, 5) is 10.6. The van der Waals surface area contributed by atoms with Gasteiger partial charge in [-0.05, 0) is 24.3 Å². The van der Waals surface area contributed by atoms with Crippen LogP contribution < -0.4 is 5.32 Å². The van der Waals surface area contributed by atoms with E-state index in [0.29, 0.717) is 30.1 Å². The van der Waals surface area contributed by atoms with Gasteiger partial charge >= 0.3 is 5.97 Å². The highest BCUT2D eigenvalue weighted by Gasteiger charge is 2.17. The molecule has 0 aromatic carbocycles. The molecule has 0 amide bonds. The Labute approximate surface area is 108 Å². The predicted octanol–water partition coefficient (Wildman–Crippen LogP) is 2.39. The molecule has 5 nitrogen and oxygen atoms in total. The third kappa shape index (κ3) is 4.14. The zero-order valence-electron chi connectivity index (χ0n) is 11.4. The second kappa shape index (κ2) is 6.54. The molecule has 1 rings (SSSR count). The van der Waals surface area contributed by atoms with E-state index in [0.717, 1.165) is 6.54 Å². The smallest absolute Gasteiger partial charge is 0.358 e. The number of nitrogens with one attached hydrogen (secondary N) is 1. The third-order valence-electron chi connectivity index (χ3n) is 3.17. The highest BCUT2D eigenvalue weighted by Crippen LogP contribution is 2.19. The van der Waals surface area contributed by atoms with E-state index in [2.05, 4.69) is 38.2 Å². The van der Waals surface area contributed by atoms with Crippen molar-refractivity contribution in [3.8, 4) is 0 Å². The zero-order valence-corrected chi connectivity index (χ0v) is 11.4. The number of hydrogen-bond donors (Lipinski definition) is 2. The molecular weight excluding hydrogens is 232 g/mol. The number of hydrogen-bond acceptors (Lipinski definition) is 4. The maximum Gasteiger partial charge on any atom is 0.358 e. The van der Waals surface area contributed by atoms with Gasteiger partial charge in [-0.3, -0.25) is 0 Å². The van der Waals surface area contributed by atoms with Crippen molar-refractivity contribution in [3.63, 3.8) is 0 Å². The molecule has 0 aliphatic heterocycles. The van der Waals surface area contributed by atoms with Crippen molar-refractivity contribution in [2.75, 3.05) is 6.54 Å². The van der Waals surface area contributed by atoms with Gasteiger partial charge < -0.3 is 14.9 Å². The van der Waals surface area contributed by atoms with E-state index in [1.54, 1.807) is 0 Å². The standard InChI is InChI=1S/C13H22N2O3/c1-8(2)11(9(3)4)7-14-6-10-5-12(13(16)17)15-18-10/h5,8-9,11,14H,6-7H2,1-4H3,(H,16,17). The first-order valence-electron chi connectivity index (χ1n) is 6.31. The van der Waals surface area contributed by atoms with Crippen LogP contribution in [0.25, 0.3) is 0 Å². The largest absolute Gasteiger partial charge is 0.476 e. The molecule has 0 unspecified atom stereocenters. The van der Waals surface area contributed by atoms with Gasteiger partial charge in [-0.15, -0.1) is 0 Å². The van der Waals surface area contributed by atoms with E-state index >= 15 is 0 Å². The van der Waals surface area contributed by atoms with Gasteiger partial charge in [0.25, 0.3) is 0 Å². The molecule has 0 radical (unpaired) electrons. The van der Waals surface area contributed by atoms with Crippen molar-refractivity contribution in [1.82, 2.24) is 10.5 Å². The molecule has 0 saturated carbocycles. The van der Waals surface area contributed by atoms with Gasteiger partial charge in [0.05, 0.1) is 6.54 Å². The minimum absolute atomic E-state index is 0.0453. The van der Waals surface area contributed by atoms with Crippen molar-refractivity contribution >= 4 is 5.97 Å². The molecule has 18 heavy (non-hydrogen) atoms. The molecule has 102 valence electrons.